The third-order valence-corrected chi connectivity index (χ3v) is 2.30. The van der Waals surface area contributed by atoms with Crippen molar-refractivity contribution < 1.29 is 9.53 Å². The van der Waals surface area contributed by atoms with Gasteiger partial charge in [-0.05, 0) is 17.7 Å². The predicted molar refractivity (Wildman–Crippen MR) is 64.2 cm³/mol. The molecule has 1 aromatic carbocycles. The Labute approximate surface area is 100 Å². The Kier molecular flexibility index (Phi) is 5.14. The number of nitrogens with one attached hydrogen (secondary N) is 1. The quantitative estimate of drug-likeness (QED) is 0.782. The first-order valence-electron chi connectivity index (χ1n) is 5.21. The van der Waals surface area contributed by atoms with Gasteiger partial charge in [-0.2, -0.15) is 5.26 Å². The molecule has 0 bridgehead atoms. The Bertz CT molecular complexity index is 405. The maximum absolute atomic E-state index is 11.6. The smallest absolute Gasteiger partial charge is 0.254 e. The van der Waals surface area contributed by atoms with Crippen LogP contribution in [0.4, 0.5) is 5.69 Å². The Morgan fingerprint density at radius 2 is 2.18 bits per heavy atom. The summed E-state index contributed by atoms with van der Waals surface area (Å²) in [4.78, 5) is 11.6. The Hall–Kier alpha value is -1.90. The normalized spacial score (nSPS) is 11.6. The molecule has 0 aliphatic heterocycles. The van der Waals surface area contributed by atoms with E-state index < -0.39 is 6.10 Å². The SMILES string of the molecule is COC(CN)C(=O)Nc1ccc(CC#N)cc1. The summed E-state index contributed by atoms with van der Waals surface area (Å²) in [6, 6.07) is 9.13. The molecular formula is C12H15N3O2. The number of hydrogen-bond donors (Lipinski definition) is 2. The molecule has 1 rings (SSSR count). The number of amides is 1. The van der Waals surface area contributed by atoms with Gasteiger partial charge in [-0.25, -0.2) is 0 Å². The number of carbonyl (C=O) groups excluding carboxylic acids is 1. The number of carbonyl (C=O) groups is 1. The monoisotopic (exact) mass is 233 g/mol. The molecule has 0 aliphatic rings. The summed E-state index contributed by atoms with van der Waals surface area (Å²) < 4.78 is 4.92. The molecule has 0 spiro atoms. The highest BCUT2D eigenvalue weighted by Gasteiger charge is 2.15. The molecule has 5 heteroatoms. The Morgan fingerprint density at radius 1 is 1.53 bits per heavy atom. The Morgan fingerprint density at radius 3 is 2.65 bits per heavy atom. The van der Waals surface area contributed by atoms with Crippen LogP contribution in [0.2, 0.25) is 0 Å². The van der Waals surface area contributed by atoms with Gasteiger partial charge in [0.2, 0.25) is 0 Å². The summed E-state index contributed by atoms with van der Waals surface area (Å²) >= 11 is 0. The molecule has 90 valence electrons. The predicted octanol–water partition coefficient (Wildman–Crippen LogP) is 0.665. The molecule has 0 aliphatic carbocycles. The fourth-order valence-corrected chi connectivity index (χ4v) is 1.33. The molecule has 0 heterocycles. The molecule has 0 radical (unpaired) electrons. The number of nitrogens with two attached hydrogens (primary N) is 1. The van der Waals surface area contributed by atoms with Gasteiger partial charge >= 0.3 is 0 Å². The van der Waals surface area contributed by atoms with Gasteiger partial charge in [0.15, 0.2) is 0 Å². The average molecular weight is 233 g/mol. The van der Waals surface area contributed by atoms with E-state index in [9.17, 15) is 4.79 Å². The largest absolute Gasteiger partial charge is 0.370 e. The summed E-state index contributed by atoms with van der Waals surface area (Å²) in [6.07, 6.45) is -0.286. The maximum atomic E-state index is 11.6. The van der Waals surface area contributed by atoms with Gasteiger partial charge in [0.05, 0.1) is 12.5 Å². The van der Waals surface area contributed by atoms with Crippen molar-refractivity contribution in [2.45, 2.75) is 12.5 Å². The fourth-order valence-electron chi connectivity index (χ4n) is 1.33. The molecule has 1 amide bonds. The van der Waals surface area contributed by atoms with E-state index in [0.717, 1.165) is 5.56 Å². The van der Waals surface area contributed by atoms with Crippen LogP contribution in [0.3, 0.4) is 0 Å². The number of nitriles is 1. The minimum absolute atomic E-state index is 0.134. The molecular weight excluding hydrogens is 218 g/mol. The second-order valence-electron chi connectivity index (χ2n) is 3.48. The third-order valence-electron chi connectivity index (χ3n) is 2.30. The maximum Gasteiger partial charge on any atom is 0.254 e. The molecule has 5 nitrogen and oxygen atoms in total. The van der Waals surface area contributed by atoms with Crippen molar-refractivity contribution >= 4 is 11.6 Å². The van der Waals surface area contributed by atoms with E-state index in [1.807, 2.05) is 0 Å². The van der Waals surface area contributed by atoms with Gasteiger partial charge in [-0.15, -0.1) is 0 Å². The standard InChI is InChI=1S/C12H15N3O2/c1-17-11(8-14)12(16)15-10-4-2-9(3-5-10)6-7-13/h2-5,11H,6,8,14H2,1H3,(H,15,16). The molecule has 0 aromatic heterocycles. The van der Waals surface area contributed by atoms with E-state index in [0.29, 0.717) is 12.1 Å². The van der Waals surface area contributed by atoms with Crippen LogP contribution < -0.4 is 11.1 Å². The number of rotatable bonds is 5. The van der Waals surface area contributed by atoms with E-state index in [1.165, 1.54) is 7.11 Å². The fraction of sp³-hybridized carbons (Fsp3) is 0.333. The number of hydrogen-bond acceptors (Lipinski definition) is 4. The summed E-state index contributed by atoms with van der Waals surface area (Å²) in [6.45, 7) is 0.134. The first-order valence-corrected chi connectivity index (χ1v) is 5.21. The summed E-state index contributed by atoms with van der Waals surface area (Å²) in [5.41, 5.74) is 6.95. The lowest BCUT2D eigenvalue weighted by atomic mass is 10.1. The highest BCUT2D eigenvalue weighted by atomic mass is 16.5. The van der Waals surface area contributed by atoms with Crippen LogP contribution in [-0.4, -0.2) is 25.7 Å². The summed E-state index contributed by atoms with van der Waals surface area (Å²) in [7, 11) is 1.44. The Balaban J connectivity index is 2.63. The number of anilines is 1. The molecule has 1 atom stereocenters. The van der Waals surface area contributed by atoms with Gasteiger partial charge in [-0.3, -0.25) is 4.79 Å². The van der Waals surface area contributed by atoms with Crippen LogP contribution >= 0.6 is 0 Å². The number of ether oxygens (including phenoxy) is 1. The van der Waals surface area contributed by atoms with Crippen molar-refractivity contribution in [2.75, 3.05) is 19.0 Å². The highest BCUT2D eigenvalue weighted by Crippen LogP contribution is 2.10. The van der Waals surface area contributed by atoms with Gasteiger partial charge < -0.3 is 15.8 Å². The highest BCUT2D eigenvalue weighted by molar-refractivity contribution is 5.94. The molecule has 1 unspecified atom stereocenters. The third kappa shape index (κ3) is 3.87. The molecule has 17 heavy (non-hydrogen) atoms. The van der Waals surface area contributed by atoms with E-state index in [1.54, 1.807) is 24.3 Å². The zero-order chi connectivity index (χ0) is 12.7. The number of benzene rings is 1. The van der Waals surface area contributed by atoms with Gasteiger partial charge in [0.25, 0.3) is 5.91 Å². The van der Waals surface area contributed by atoms with Crippen LogP contribution in [0.1, 0.15) is 5.56 Å². The van der Waals surface area contributed by atoms with E-state index >= 15 is 0 Å². The first kappa shape index (κ1) is 13.2. The zero-order valence-corrected chi connectivity index (χ0v) is 9.64. The molecule has 0 fully saturated rings. The summed E-state index contributed by atoms with van der Waals surface area (Å²) in [5, 5.41) is 11.2. The van der Waals surface area contributed by atoms with Gasteiger partial charge in [0, 0.05) is 19.3 Å². The summed E-state index contributed by atoms with van der Waals surface area (Å²) in [5.74, 6) is -0.275. The molecule has 0 saturated carbocycles. The van der Waals surface area contributed by atoms with Crippen molar-refractivity contribution in [3.63, 3.8) is 0 Å². The lowest BCUT2D eigenvalue weighted by Crippen LogP contribution is -2.35. The molecule has 0 saturated heterocycles. The van der Waals surface area contributed by atoms with Crippen LogP contribution in [0.5, 0.6) is 0 Å². The zero-order valence-electron chi connectivity index (χ0n) is 9.64. The minimum Gasteiger partial charge on any atom is -0.370 e. The van der Waals surface area contributed by atoms with Crippen LogP contribution in [-0.2, 0) is 16.0 Å². The number of methoxy groups -OCH3 is 1. The van der Waals surface area contributed by atoms with Crippen molar-refractivity contribution in [2.24, 2.45) is 5.73 Å². The van der Waals surface area contributed by atoms with Crippen LogP contribution in [0, 0.1) is 11.3 Å². The molecule has 3 N–H and O–H groups in total. The minimum atomic E-state index is -0.645. The second-order valence-corrected chi connectivity index (χ2v) is 3.48. The van der Waals surface area contributed by atoms with Gasteiger partial charge in [0.1, 0.15) is 6.10 Å². The van der Waals surface area contributed by atoms with Crippen molar-refractivity contribution in [1.82, 2.24) is 0 Å². The van der Waals surface area contributed by atoms with Crippen LogP contribution in [0.25, 0.3) is 0 Å². The van der Waals surface area contributed by atoms with E-state index in [2.05, 4.69) is 11.4 Å². The first-order chi connectivity index (χ1) is 8.21. The lowest BCUT2D eigenvalue weighted by Gasteiger charge is -2.13. The lowest BCUT2D eigenvalue weighted by molar-refractivity contribution is -0.125. The van der Waals surface area contributed by atoms with E-state index in [-0.39, 0.29) is 12.5 Å². The topological polar surface area (TPSA) is 88.1 Å². The number of nitrogens with zero attached hydrogens (tertiary/aromatic N) is 1. The van der Waals surface area contributed by atoms with Gasteiger partial charge in [-0.1, -0.05) is 12.1 Å². The average Bonchev–Trinajstić information content (AvgIpc) is 2.33. The van der Waals surface area contributed by atoms with Crippen molar-refractivity contribution in [3.05, 3.63) is 29.8 Å². The van der Waals surface area contributed by atoms with Crippen molar-refractivity contribution in [1.29, 1.82) is 5.26 Å². The molecule has 1 aromatic rings. The van der Waals surface area contributed by atoms with E-state index in [4.69, 9.17) is 15.7 Å². The van der Waals surface area contributed by atoms with Crippen LogP contribution in [0.15, 0.2) is 24.3 Å². The van der Waals surface area contributed by atoms with Crippen molar-refractivity contribution in [3.8, 4) is 6.07 Å². The second kappa shape index (κ2) is 6.63.